The van der Waals surface area contributed by atoms with Crippen LogP contribution in [0.15, 0.2) is 24.3 Å². The minimum Gasteiger partial charge on any atom is -0.508 e. The second-order valence-electron chi connectivity index (χ2n) is 6.36. The molecule has 3 aliphatic carbocycles. The molecule has 2 bridgehead atoms. The van der Waals surface area contributed by atoms with Crippen LogP contribution in [0.1, 0.15) is 24.8 Å². The Balaban J connectivity index is 1.38. The maximum absolute atomic E-state index is 12.2. The van der Waals surface area contributed by atoms with Crippen LogP contribution in [0.3, 0.4) is 0 Å². The van der Waals surface area contributed by atoms with Gasteiger partial charge in [0.1, 0.15) is 5.75 Å². The third kappa shape index (κ3) is 1.67. The molecule has 0 aliphatic heterocycles. The van der Waals surface area contributed by atoms with Crippen molar-refractivity contribution in [1.82, 2.24) is 5.32 Å². The van der Waals surface area contributed by atoms with Crippen molar-refractivity contribution >= 4 is 5.91 Å². The maximum Gasteiger partial charge on any atom is 0.223 e. The number of benzene rings is 1. The summed E-state index contributed by atoms with van der Waals surface area (Å²) in [6.07, 6.45) is 4.06. The molecule has 4 rings (SSSR count). The van der Waals surface area contributed by atoms with Crippen molar-refractivity contribution in [3.63, 3.8) is 0 Å². The van der Waals surface area contributed by atoms with E-state index in [1.54, 1.807) is 12.1 Å². The fourth-order valence-corrected chi connectivity index (χ4v) is 4.64. The third-order valence-corrected chi connectivity index (χ3v) is 5.48. The SMILES string of the molecule is O=C(NCc1ccccc1O)C1C2C3CCC(C3)C12. The molecule has 0 saturated heterocycles. The van der Waals surface area contributed by atoms with Crippen molar-refractivity contribution in [2.75, 3.05) is 0 Å². The van der Waals surface area contributed by atoms with E-state index in [9.17, 15) is 9.90 Å². The number of phenols is 1. The molecule has 1 aromatic rings. The van der Waals surface area contributed by atoms with Gasteiger partial charge in [-0.15, -0.1) is 0 Å². The van der Waals surface area contributed by atoms with Gasteiger partial charge in [0.15, 0.2) is 0 Å². The van der Waals surface area contributed by atoms with Gasteiger partial charge in [-0.2, -0.15) is 0 Å². The van der Waals surface area contributed by atoms with Crippen LogP contribution < -0.4 is 5.32 Å². The Labute approximate surface area is 113 Å². The fourth-order valence-electron chi connectivity index (χ4n) is 4.64. The summed E-state index contributed by atoms with van der Waals surface area (Å²) in [6.45, 7) is 0.441. The number of nitrogens with one attached hydrogen (secondary N) is 1. The van der Waals surface area contributed by atoms with Crippen molar-refractivity contribution in [3.8, 4) is 5.75 Å². The zero-order valence-corrected chi connectivity index (χ0v) is 10.9. The molecule has 1 amide bonds. The molecular formula is C16H19NO2. The van der Waals surface area contributed by atoms with E-state index in [1.165, 1.54) is 19.3 Å². The zero-order chi connectivity index (χ0) is 13.0. The molecule has 19 heavy (non-hydrogen) atoms. The molecule has 1 aromatic carbocycles. The van der Waals surface area contributed by atoms with Gasteiger partial charge in [0.05, 0.1) is 0 Å². The van der Waals surface area contributed by atoms with Crippen LogP contribution in [-0.2, 0) is 11.3 Å². The van der Waals surface area contributed by atoms with Crippen molar-refractivity contribution in [2.45, 2.75) is 25.8 Å². The van der Waals surface area contributed by atoms with Crippen LogP contribution in [0.2, 0.25) is 0 Å². The molecule has 4 unspecified atom stereocenters. The molecular weight excluding hydrogens is 238 g/mol. The zero-order valence-electron chi connectivity index (χ0n) is 10.9. The first-order valence-corrected chi connectivity index (χ1v) is 7.30. The highest BCUT2D eigenvalue weighted by Gasteiger charge is 2.67. The van der Waals surface area contributed by atoms with Gasteiger partial charge in [-0.3, -0.25) is 4.79 Å². The van der Waals surface area contributed by atoms with E-state index in [4.69, 9.17) is 0 Å². The minimum absolute atomic E-state index is 0.204. The molecule has 0 spiro atoms. The summed E-state index contributed by atoms with van der Waals surface area (Å²) in [5.74, 6) is 3.77. The summed E-state index contributed by atoms with van der Waals surface area (Å²) in [5.41, 5.74) is 0.796. The first-order chi connectivity index (χ1) is 9.25. The highest BCUT2D eigenvalue weighted by molar-refractivity contribution is 5.82. The summed E-state index contributed by atoms with van der Waals surface area (Å²) < 4.78 is 0. The summed E-state index contributed by atoms with van der Waals surface area (Å²) in [5, 5.41) is 12.7. The van der Waals surface area contributed by atoms with Crippen LogP contribution in [0.5, 0.6) is 5.75 Å². The molecule has 3 saturated carbocycles. The lowest BCUT2D eigenvalue weighted by molar-refractivity contribution is -0.123. The van der Waals surface area contributed by atoms with Crippen molar-refractivity contribution in [2.24, 2.45) is 29.6 Å². The first-order valence-electron chi connectivity index (χ1n) is 7.30. The number of amides is 1. The van der Waals surface area contributed by atoms with Crippen LogP contribution in [0.25, 0.3) is 0 Å². The maximum atomic E-state index is 12.2. The van der Waals surface area contributed by atoms with Crippen molar-refractivity contribution < 1.29 is 9.90 Å². The standard InChI is InChI=1S/C16H19NO2/c18-12-4-2-1-3-11(12)8-17-16(19)15-13-9-5-6-10(7-9)14(13)15/h1-4,9-10,13-15,18H,5-8H2,(H,17,19). The first kappa shape index (κ1) is 11.3. The topological polar surface area (TPSA) is 49.3 Å². The highest BCUT2D eigenvalue weighted by Crippen LogP contribution is 2.69. The van der Waals surface area contributed by atoms with Crippen LogP contribution in [0, 0.1) is 29.6 Å². The van der Waals surface area contributed by atoms with Gasteiger partial charge in [-0.1, -0.05) is 18.2 Å². The van der Waals surface area contributed by atoms with E-state index >= 15 is 0 Å². The number of aromatic hydroxyl groups is 1. The smallest absolute Gasteiger partial charge is 0.223 e. The Morgan fingerprint density at radius 2 is 1.89 bits per heavy atom. The lowest BCUT2D eigenvalue weighted by Gasteiger charge is -2.10. The van der Waals surface area contributed by atoms with Crippen LogP contribution in [-0.4, -0.2) is 11.0 Å². The minimum atomic E-state index is 0.204. The van der Waals surface area contributed by atoms with Crippen LogP contribution >= 0.6 is 0 Å². The number of carbonyl (C=O) groups is 1. The predicted octanol–water partition coefficient (Wildman–Crippen LogP) is 2.30. The monoisotopic (exact) mass is 257 g/mol. The molecule has 2 N–H and O–H groups in total. The summed E-state index contributed by atoms with van der Waals surface area (Å²) >= 11 is 0. The van der Waals surface area contributed by atoms with E-state index in [0.717, 1.165) is 17.4 Å². The lowest BCUT2D eigenvalue weighted by Crippen LogP contribution is -2.27. The Morgan fingerprint density at radius 1 is 1.21 bits per heavy atom. The number of fused-ring (bicyclic) bond motifs is 5. The number of phenolic OH excluding ortho intramolecular Hbond substituents is 1. The van der Waals surface area contributed by atoms with E-state index in [-0.39, 0.29) is 17.6 Å². The summed E-state index contributed by atoms with van der Waals surface area (Å²) in [4.78, 5) is 12.2. The molecule has 0 heterocycles. The number of para-hydroxylation sites is 1. The van der Waals surface area contributed by atoms with Gasteiger partial charge in [-0.25, -0.2) is 0 Å². The number of hydrogen-bond donors (Lipinski definition) is 2. The molecule has 3 nitrogen and oxygen atoms in total. The number of carbonyl (C=O) groups excluding carboxylic acids is 1. The molecule has 0 radical (unpaired) electrons. The lowest BCUT2D eigenvalue weighted by atomic mass is 10.0. The Kier molecular flexibility index (Phi) is 2.38. The average molecular weight is 257 g/mol. The Bertz CT molecular complexity index is 511. The van der Waals surface area contributed by atoms with Gasteiger partial charge in [0, 0.05) is 18.0 Å². The largest absolute Gasteiger partial charge is 0.508 e. The van der Waals surface area contributed by atoms with E-state index < -0.39 is 0 Å². The fraction of sp³-hybridized carbons (Fsp3) is 0.562. The van der Waals surface area contributed by atoms with Gasteiger partial charge < -0.3 is 10.4 Å². The normalized spacial score (nSPS) is 38.0. The molecule has 100 valence electrons. The molecule has 3 fully saturated rings. The summed E-state index contributed by atoms with van der Waals surface area (Å²) in [6, 6.07) is 7.19. The molecule has 3 heteroatoms. The predicted molar refractivity (Wildman–Crippen MR) is 71.3 cm³/mol. The third-order valence-electron chi connectivity index (χ3n) is 5.48. The number of rotatable bonds is 3. The molecule has 4 atom stereocenters. The van der Waals surface area contributed by atoms with Gasteiger partial charge in [0.25, 0.3) is 0 Å². The quantitative estimate of drug-likeness (QED) is 0.873. The average Bonchev–Trinajstić information content (AvgIpc) is 2.86. The summed E-state index contributed by atoms with van der Waals surface area (Å²) in [7, 11) is 0. The molecule has 3 aliphatic rings. The second-order valence-corrected chi connectivity index (χ2v) is 6.36. The van der Waals surface area contributed by atoms with Gasteiger partial charge >= 0.3 is 0 Å². The second kappa shape index (κ2) is 3.99. The molecule has 0 aromatic heterocycles. The van der Waals surface area contributed by atoms with Gasteiger partial charge in [-0.05, 0) is 49.0 Å². The van der Waals surface area contributed by atoms with Crippen molar-refractivity contribution in [1.29, 1.82) is 0 Å². The number of hydrogen-bond acceptors (Lipinski definition) is 2. The van der Waals surface area contributed by atoms with Gasteiger partial charge in [0.2, 0.25) is 5.91 Å². The van der Waals surface area contributed by atoms with Crippen molar-refractivity contribution in [3.05, 3.63) is 29.8 Å². The van der Waals surface area contributed by atoms with E-state index in [1.807, 2.05) is 12.1 Å². The van der Waals surface area contributed by atoms with E-state index in [2.05, 4.69) is 5.32 Å². The Morgan fingerprint density at radius 3 is 2.58 bits per heavy atom. The van der Waals surface area contributed by atoms with E-state index in [0.29, 0.717) is 18.4 Å². The Hall–Kier alpha value is -1.51. The van der Waals surface area contributed by atoms with Crippen LogP contribution in [0.4, 0.5) is 0 Å². The highest BCUT2D eigenvalue weighted by atomic mass is 16.3.